The summed E-state index contributed by atoms with van der Waals surface area (Å²) in [5, 5.41) is 9.24. The molecule has 2 heterocycles. The van der Waals surface area contributed by atoms with Crippen molar-refractivity contribution in [2.45, 2.75) is 31.3 Å². The summed E-state index contributed by atoms with van der Waals surface area (Å²) in [7, 11) is 0. The SMILES string of the molecule is C[C@@H]1OCC2O[C@@H]2C1O. The number of aliphatic hydroxyl groups excluding tert-OH is 1. The molecule has 0 aliphatic carbocycles. The molecule has 3 nitrogen and oxygen atoms in total. The minimum Gasteiger partial charge on any atom is -0.388 e. The van der Waals surface area contributed by atoms with E-state index in [1.54, 1.807) is 0 Å². The van der Waals surface area contributed by atoms with Crippen LogP contribution in [0, 0.1) is 0 Å². The van der Waals surface area contributed by atoms with E-state index in [4.69, 9.17) is 9.47 Å². The average Bonchev–Trinajstić information content (AvgIpc) is 2.58. The van der Waals surface area contributed by atoms with Crippen LogP contribution >= 0.6 is 0 Å². The van der Waals surface area contributed by atoms with Crippen LogP contribution in [0.25, 0.3) is 0 Å². The van der Waals surface area contributed by atoms with Crippen LogP contribution in [0.1, 0.15) is 6.92 Å². The van der Waals surface area contributed by atoms with Gasteiger partial charge in [-0.15, -0.1) is 0 Å². The van der Waals surface area contributed by atoms with Gasteiger partial charge in [0.25, 0.3) is 0 Å². The van der Waals surface area contributed by atoms with Crippen LogP contribution in [-0.2, 0) is 9.47 Å². The second-order valence-corrected chi connectivity index (χ2v) is 2.67. The topological polar surface area (TPSA) is 42.0 Å². The first-order valence-electron chi connectivity index (χ1n) is 3.24. The Labute approximate surface area is 53.6 Å². The Bertz CT molecular complexity index is 123. The largest absolute Gasteiger partial charge is 0.388 e. The number of aliphatic hydroxyl groups is 1. The molecule has 2 unspecified atom stereocenters. The Morgan fingerprint density at radius 1 is 1.56 bits per heavy atom. The van der Waals surface area contributed by atoms with E-state index in [1.807, 2.05) is 6.92 Å². The van der Waals surface area contributed by atoms with Crippen molar-refractivity contribution in [1.29, 1.82) is 0 Å². The van der Waals surface area contributed by atoms with Gasteiger partial charge in [-0.2, -0.15) is 0 Å². The summed E-state index contributed by atoms with van der Waals surface area (Å²) < 4.78 is 10.3. The first kappa shape index (κ1) is 5.65. The Balaban J connectivity index is 2.02. The minimum absolute atomic E-state index is 0.0475. The number of rotatable bonds is 0. The van der Waals surface area contributed by atoms with Gasteiger partial charge in [-0.05, 0) is 6.92 Å². The molecule has 0 radical (unpaired) electrons. The molecular formula is C6H10O3. The molecule has 0 bridgehead atoms. The van der Waals surface area contributed by atoms with Gasteiger partial charge in [0, 0.05) is 0 Å². The van der Waals surface area contributed by atoms with Crippen LogP contribution in [-0.4, -0.2) is 36.1 Å². The second kappa shape index (κ2) is 1.68. The Hall–Kier alpha value is -0.120. The summed E-state index contributed by atoms with van der Waals surface area (Å²) in [4.78, 5) is 0. The molecule has 9 heavy (non-hydrogen) atoms. The van der Waals surface area contributed by atoms with E-state index in [0.29, 0.717) is 6.61 Å². The maximum absolute atomic E-state index is 9.24. The highest BCUT2D eigenvalue weighted by molar-refractivity contribution is 4.96. The summed E-state index contributed by atoms with van der Waals surface area (Å²) in [5.41, 5.74) is 0. The molecular weight excluding hydrogens is 120 g/mol. The zero-order valence-corrected chi connectivity index (χ0v) is 5.28. The molecule has 2 aliphatic rings. The van der Waals surface area contributed by atoms with Gasteiger partial charge in [-0.25, -0.2) is 0 Å². The molecule has 0 aromatic rings. The molecule has 0 aromatic carbocycles. The Morgan fingerprint density at radius 2 is 2.33 bits per heavy atom. The predicted octanol–water partition coefficient (Wildman–Crippen LogP) is -0.467. The van der Waals surface area contributed by atoms with Crippen LogP contribution in [0.2, 0.25) is 0 Å². The van der Waals surface area contributed by atoms with Gasteiger partial charge < -0.3 is 14.6 Å². The highest BCUT2D eigenvalue weighted by atomic mass is 16.6. The van der Waals surface area contributed by atoms with Gasteiger partial charge in [0.2, 0.25) is 0 Å². The lowest BCUT2D eigenvalue weighted by Crippen LogP contribution is -2.37. The summed E-state index contributed by atoms with van der Waals surface area (Å²) in [6.07, 6.45) is -0.178. The number of hydrogen-bond acceptors (Lipinski definition) is 3. The lowest BCUT2D eigenvalue weighted by atomic mass is 10.1. The molecule has 0 amide bonds. The lowest BCUT2D eigenvalue weighted by molar-refractivity contribution is -0.0475. The van der Waals surface area contributed by atoms with Crippen molar-refractivity contribution in [3.05, 3.63) is 0 Å². The fourth-order valence-corrected chi connectivity index (χ4v) is 1.20. The molecule has 1 N–H and O–H groups in total. The molecule has 0 aromatic heterocycles. The molecule has 2 aliphatic heterocycles. The highest BCUT2D eigenvalue weighted by Crippen LogP contribution is 2.32. The number of hydrogen-bond donors (Lipinski definition) is 1. The van der Waals surface area contributed by atoms with Crippen molar-refractivity contribution >= 4 is 0 Å². The smallest absolute Gasteiger partial charge is 0.115 e. The normalized spacial score (nSPS) is 56.7. The molecule has 2 rings (SSSR count). The van der Waals surface area contributed by atoms with Crippen molar-refractivity contribution in [2.24, 2.45) is 0 Å². The standard InChI is InChI=1S/C6H10O3/c1-3-5(7)6-4(9-6)2-8-3/h3-7H,2H2,1H3/t3-,4?,5?,6-/m0/s1. The quantitative estimate of drug-likeness (QED) is 0.451. The van der Waals surface area contributed by atoms with E-state index in [9.17, 15) is 5.11 Å². The fourth-order valence-electron chi connectivity index (χ4n) is 1.20. The molecule has 52 valence electrons. The van der Waals surface area contributed by atoms with Crippen LogP contribution < -0.4 is 0 Å². The first-order valence-corrected chi connectivity index (χ1v) is 3.24. The van der Waals surface area contributed by atoms with Crippen molar-refractivity contribution in [3.63, 3.8) is 0 Å². The number of epoxide rings is 1. The maximum atomic E-state index is 9.24. The van der Waals surface area contributed by atoms with Gasteiger partial charge in [0.05, 0.1) is 12.7 Å². The molecule has 2 saturated heterocycles. The monoisotopic (exact) mass is 130 g/mol. The zero-order valence-electron chi connectivity index (χ0n) is 5.28. The third-order valence-corrected chi connectivity index (χ3v) is 1.96. The van der Waals surface area contributed by atoms with E-state index in [1.165, 1.54) is 0 Å². The molecule has 0 spiro atoms. The van der Waals surface area contributed by atoms with Gasteiger partial charge in [0.1, 0.15) is 18.3 Å². The lowest BCUT2D eigenvalue weighted by Gasteiger charge is -2.20. The van der Waals surface area contributed by atoms with Crippen LogP contribution in [0.15, 0.2) is 0 Å². The predicted molar refractivity (Wildman–Crippen MR) is 30.1 cm³/mol. The van der Waals surface area contributed by atoms with E-state index < -0.39 is 6.10 Å². The molecule has 2 fully saturated rings. The first-order chi connectivity index (χ1) is 4.29. The van der Waals surface area contributed by atoms with Crippen LogP contribution in [0.4, 0.5) is 0 Å². The summed E-state index contributed by atoms with van der Waals surface area (Å²) >= 11 is 0. The van der Waals surface area contributed by atoms with Crippen molar-refractivity contribution in [1.82, 2.24) is 0 Å². The van der Waals surface area contributed by atoms with E-state index in [0.717, 1.165) is 0 Å². The summed E-state index contributed by atoms with van der Waals surface area (Å²) in [5.74, 6) is 0. The number of ether oxygens (including phenoxy) is 2. The fraction of sp³-hybridized carbons (Fsp3) is 1.00. The van der Waals surface area contributed by atoms with E-state index in [-0.39, 0.29) is 18.3 Å². The van der Waals surface area contributed by atoms with Crippen molar-refractivity contribution < 1.29 is 14.6 Å². The summed E-state index contributed by atoms with van der Waals surface area (Å²) in [6, 6.07) is 0. The van der Waals surface area contributed by atoms with Gasteiger partial charge in [0.15, 0.2) is 0 Å². The van der Waals surface area contributed by atoms with Crippen molar-refractivity contribution in [2.75, 3.05) is 6.61 Å². The van der Waals surface area contributed by atoms with Gasteiger partial charge in [-0.1, -0.05) is 0 Å². The zero-order chi connectivity index (χ0) is 6.43. The maximum Gasteiger partial charge on any atom is 0.115 e. The van der Waals surface area contributed by atoms with E-state index >= 15 is 0 Å². The van der Waals surface area contributed by atoms with E-state index in [2.05, 4.69) is 0 Å². The Kier molecular flexibility index (Phi) is 1.06. The van der Waals surface area contributed by atoms with Gasteiger partial charge >= 0.3 is 0 Å². The average molecular weight is 130 g/mol. The Morgan fingerprint density at radius 3 is 3.00 bits per heavy atom. The second-order valence-electron chi connectivity index (χ2n) is 2.67. The minimum atomic E-state index is -0.399. The third kappa shape index (κ3) is 0.764. The van der Waals surface area contributed by atoms with Crippen LogP contribution in [0.5, 0.6) is 0 Å². The molecule has 4 atom stereocenters. The molecule has 0 saturated carbocycles. The number of fused-ring (bicyclic) bond motifs is 1. The third-order valence-electron chi connectivity index (χ3n) is 1.96. The van der Waals surface area contributed by atoms with Crippen molar-refractivity contribution in [3.8, 4) is 0 Å². The van der Waals surface area contributed by atoms with Gasteiger partial charge in [-0.3, -0.25) is 0 Å². The molecule has 3 heteroatoms. The van der Waals surface area contributed by atoms with Crippen LogP contribution in [0.3, 0.4) is 0 Å². The summed E-state index contributed by atoms with van der Waals surface area (Å²) in [6.45, 7) is 2.52. The highest BCUT2D eigenvalue weighted by Gasteiger charge is 2.50.